The second-order valence-electron chi connectivity index (χ2n) is 4.29. The molecule has 1 aromatic rings. The first kappa shape index (κ1) is 15.3. The third-order valence-corrected chi connectivity index (χ3v) is 4.60. The molecule has 2 rings (SSSR count). The summed E-state index contributed by atoms with van der Waals surface area (Å²) in [6, 6.07) is 4.19. The summed E-state index contributed by atoms with van der Waals surface area (Å²) in [6.07, 6.45) is 1.33. The van der Waals surface area contributed by atoms with Crippen LogP contribution in [-0.2, 0) is 14.8 Å². The van der Waals surface area contributed by atoms with E-state index in [1.807, 2.05) is 0 Å². The molecule has 1 aliphatic heterocycles. The third kappa shape index (κ3) is 3.34. The fourth-order valence-electron chi connectivity index (χ4n) is 1.88. The van der Waals surface area contributed by atoms with E-state index in [2.05, 4.69) is 6.58 Å². The average Bonchev–Trinajstić information content (AvgIpc) is 2.46. The fourth-order valence-corrected chi connectivity index (χ4v) is 3.25. The molecule has 0 radical (unpaired) electrons. The Morgan fingerprint density at radius 2 is 2.00 bits per heavy atom. The van der Waals surface area contributed by atoms with Gasteiger partial charge in [-0.1, -0.05) is 6.08 Å². The van der Waals surface area contributed by atoms with E-state index in [0.717, 1.165) is 4.31 Å². The zero-order chi connectivity index (χ0) is 15.5. The standard InChI is InChI=1S/C13H15NO6S/c1-2-5-14(9-13(15)16)21(17,18)10-3-4-11-12(8-10)20-7-6-19-11/h2-4,8H,1,5-7,9H2,(H,15,16). The lowest BCUT2D eigenvalue weighted by Crippen LogP contribution is -2.35. The molecule has 1 heterocycles. The van der Waals surface area contributed by atoms with Crippen LogP contribution in [0.25, 0.3) is 0 Å². The SMILES string of the molecule is C=CCN(CC(=O)O)S(=O)(=O)c1ccc2c(c1)OCCO2. The van der Waals surface area contributed by atoms with Crippen LogP contribution in [0.4, 0.5) is 0 Å². The third-order valence-electron chi connectivity index (χ3n) is 2.80. The van der Waals surface area contributed by atoms with Crippen molar-refractivity contribution >= 4 is 16.0 Å². The van der Waals surface area contributed by atoms with Crippen LogP contribution in [0.5, 0.6) is 11.5 Å². The lowest BCUT2D eigenvalue weighted by Gasteiger charge is -2.21. The molecule has 0 aliphatic carbocycles. The molecular formula is C13H15NO6S. The number of fused-ring (bicyclic) bond motifs is 1. The number of benzene rings is 1. The number of hydrogen-bond donors (Lipinski definition) is 1. The molecule has 0 unspecified atom stereocenters. The van der Waals surface area contributed by atoms with Crippen molar-refractivity contribution in [1.82, 2.24) is 4.31 Å². The zero-order valence-corrected chi connectivity index (χ0v) is 12.0. The van der Waals surface area contributed by atoms with Gasteiger partial charge in [-0.05, 0) is 12.1 Å². The highest BCUT2D eigenvalue weighted by Crippen LogP contribution is 2.33. The summed E-state index contributed by atoms with van der Waals surface area (Å²) in [4.78, 5) is 10.8. The lowest BCUT2D eigenvalue weighted by atomic mass is 10.3. The van der Waals surface area contributed by atoms with Gasteiger partial charge in [0.15, 0.2) is 11.5 Å². The molecule has 7 nitrogen and oxygen atoms in total. The van der Waals surface area contributed by atoms with Gasteiger partial charge in [0.25, 0.3) is 0 Å². The first-order valence-electron chi connectivity index (χ1n) is 6.17. The summed E-state index contributed by atoms with van der Waals surface area (Å²) < 4.78 is 36.4. The van der Waals surface area contributed by atoms with E-state index in [4.69, 9.17) is 14.6 Å². The van der Waals surface area contributed by atoms with Gasteiger partial charge in [0.2, 0.25) is 10.0 Å². The molecule has 0 spiro atoms. The van der Waals surface area contributed by atoms with Crippen molar-refractivity contribution in [1.29, 1.82) is 0 Å². The van der Waals surface area contributed by atoms with Crippen LogP contribution in [0.15, 0.2) is 35.7 Å². The molecule has 8 heteroatoms. The molecule has 1 N–H and O–H groups in total. The van der Waals surface area contributed by atoms with Crippen LogP contribution in [0.2, 0.25) is 0 Å². The quantitative estimate of drug-likeness (QED) is 0.778. The van der Waals surface area contributed by atoms with Crippen molar-refractivity contribution in [3.8, 4) is 11.5 Å². The Balaban J connectivity index is 2.37. The van der Waals surface area contributed by atoms with E-state index in [9.17, 15) is 13.2 Å². The van der Waals surface area contributed by atoms with E-state index >= 15 is 0 Å². The van der Waals surface area contributed by atoms with Crippen LogP contribution >= 0.6 is 0 Å². The number of ether oxygens (including phenoxy) is 2. The number of aliphatic carboxylic acids is 1. The van der Waals surface area contributed by atoms with Gasteiger partial charge in [0.05, 0.1) is 4.90 Å². The van der Waals surface area contributed by atoms with Gasteiger partial charge in [-0.25, -0.2) is 8.42 Å². The van der Waals surface area contributed by atoms with Crippen molar-refractivity contribution < 1.29 is 27.8 Å². The van der Waals surface area contributed by atoms with E-state index in [1.165, 1.54) is 24.3 Å². The van der Waals surface area contributed by atoms with Crippen molar-refractivity contribution in [3.63, 3.8) is 0 Å². The predicted octanol–water partition coefficient (Wildman–Crippen LogP) is 0.719. The molecule has 0 fully saturated rings. The van der Waals surface area contributed by atoms with Crippen LogP contribution < -0.4 is 9.47 Å². The molecule has 0 amide bonds. The van der Waals surface area contributed by atoms with Gasteiger partial charge in [0, 0.05) is 12.6 Å². The highest BCUT2D eigenvalue weighted by Gasteiger charge is 2.27. The molecule has 114 valence electrons. The number of hydrogen-bond acceptors (Lipinski definition) is 5. The second-order valence-corrected chi connectivity index (χ2v) is 6.22. The molecule has 1 aliphatic rings. The first-order chi connectivity index (χ1) is 9.95. The monoisotopic (exact) mass is 313 g/mol. The zero-order valence-electron chi connectivity index (χ0n) is 11.2. The molecule has 0 bridgehead atoms. The summed E-state index contributed by atoms with van der Waals surface area (Å²) >= 11 is 0. The minimum Gasteiger partial charge on any atom is -0.486 e. The van der Waals surface area contributed by atoms with E-state index in [1.54, 1.807) is 0 Å². The number of carbonyl (C=O) groups is 1. The first-order valence-corrected chi connectivity index (χ1v) is 7.61. The van der Waals surface area contributed by atoms with Crippen LogP contribution in [-0.4, -0.2) is 50.1 Å². The maximum absolute atomic E-state index is 12.5. The van der Waals surface area contributed by atoms with Gasteiger partial charge in [0.1, 0.15) is 19.8 Å². The Kier molecular flexibility index (Phi) is 4.49. The van der Waals surface area contributed by atoms with E-state index in [0.29, 0.717) is 24.7 Å². The highest BCUT2D eigenvalue weighted by atomic mass is 32.2. The maximum atomic E-state index is 12.5. The van der Waals surface area contributed by atoms with Crippen molar-refractivity contribution in [2.75, 3.05) is 26.3 Å². The summed E-state index contributed by atoms with van der Waals surface area (Å²) in [6.45, 7) is 3.45. The minimum atomic E-state index is -3.95. The molecule has 0 saturated carbocycles. The fraction of sp³-hybridized carbons (Fsp3) is 0.308. The average molecular weight is 313 g/mol. The molecule has 1 aromatic carbocycles. The van der Waals surface area contributed by atoms with Crippen molar-refractivity contribution in [2.24, 2.45) is 0 Å². The Morgan fingerprint density at radius 1 is 1.33 bits per heavy atom. The highest BCUT2D eigenvalue weighted by molar-refractivity contribution is 7.89. The number of carboxylic acids is 1. The van der Waals surface area contributed by atoms with Gasteiger partial charge in [-0.15, -0.1) is 6.58 Å². The Bertz CT molecular complexity index is 655. The Labute approximate surface area is 122 Å². The summed E-state index contributed by atoms with van der Waals surface area (Å²) in [5, 5.41) is 8.83. The minimum absolute atomic E-state index is 0.0464. The smallest absolute Gasteiger partial charge is 0.318 e. The van der Waals surface area contributed by atoms with E-state index < -0.39 is 22.5 Å². The van der Waals surface area contributed by atoms with Crippen molar-refractivity contribution in [2.45, 2.75) is 4.90 Å². The largest absolute Gasteiger partial charge is 0.486 e. The molecule has 0 saturated heterocycles. The molecule has 0 aromatic heterocycles. The second kappa shape index (κ2) is 6.15. The molecule has 21 heavy (non-hydrogen) atoms. The molecule has 0 atom stereocenters. The Hall–Kier alpha value is -2.06. The van der Waals surface area contributed by atoms with Crippen molar-refractivity contribution in [3.05, 3.63) is 30.9 Å². The lowest BCUT2D eigenvalue weighted by molar-refractivity contribution is -0.137. The van der Waals surface area contributed by atoms with Gasteiger partial charge < -0.3 is 14.6 Å². The number of sulfonamides is 1. The summed E-state index contributed by atoms with van der Waals surface area (Å²) in [5.41, 5.74) is 0. The van der Waals surface area contributed by atoms with Crippen LogP contribution in [0.1, 0.15) is 0 Å². The van der Waals surface area contributed by atoms with E-state index in [-0.39, 0.29) is 11.4 Å². The van der Waals surface area contributed by atoms with Crippen LogP contribution in [0, 0.1) is 0 Å². The number of nitrogens with zero attached hydrogens (tertiary/aromatic N) is 1. The predicted molar refractivity (Wildman–Crippen MR) is 74.0 cm³/mol. The normalized spacial score (nSPS) is 14.0. The number of carboxylic acid groups (broad SMARTS) is 1. The summed E-state index contributed by atoms with van der Waals surface area (Å²) in [5.74, 6) is -0.442. The van der Waals surface area contributed by atoms with Gasteiger partial charge in [-0.3, -0.25) is 4.79 Å². The summed E-state index contributed by atoms with van der Waals surface area (Å²) in [7, 11) is -3.95. The Morgan fingerprint density at radius 3 is 2.62 bits per heavy atom. The van der Waals surface area contributed by atoms with Gasteiger partial charge >= 0.3 is 5.97 Å². The maximum Gasteiger partial charge on any atom is 0.318 e. The molecular weight excluding hydrogens is 298 g/mol. The number of rotatable bonds is 6. The van der Waals surface area contributed by atoms with Gasteiger partial charge in [-0.2, -0.15) is 4.31 Å². The topological polar surface area (TPSA) is 93.1 Å². The van der Waals surface area contributed by atoms with Crippen LogP contribution in [0.3, 0.4) is 0 Å².